The summed E-state index contributed by atoms with van der Waals surface area (Å²) in [7, 11) is -4.27. The summed E-state index contributed by atoms with van der Waals surface area (Å²) < 4.78 is 33.9. The van der Waals surface area contributed by atoms with Gasteiger partial charge >= 0.3 is 50.7 Å². The molecule has 0 saturated heterocycles. The molecular formula is C10H12NO5SSb. The molecule has 0 atom stereocenters. The number of hydrogen-bond acceptors (Lipinski definition) is 4. The van der Waals surface area contributed by atoms with Crippen LogP contribution >= 0.6 is 0 Å². The van der Waals surface area contributed by atoms with E-state index < -0.39 is 31.7 Å². The van der Waals surface area contributed by atoms with Gasteiger partial charge in [-0.25, -0.2) is 8.42 Å². The van der Waals surface area contributed by atoms with E-state index in [-0.39, 0.29) is 8.74 Å². The first-order chi connectivity index (χ1) is 8.30. The zero-order valence-corrected chi connectivity index (χ0v) is 13.1. The second kappa shape index (κ2) is 6.22. The molecule has 1 heterocycles. The van der Waals surface area contributed by atoms with Crippen LogP contribution in [0.2, 0.25) is 0 Å². The van der Waals surface area contributed by atoms with Gasteiger partial charge in [0, 0.05) is 0 Å². The van der Waals surface area contributed by atoms with Crippen molar-refractivity contribution in [1.29, 1.82) is 0 Å². The number of rotatable bonds is 1. The van der Waals surface area contributed by atoms with E-state index in [0.29, 0.717) is 0 Å². The Hall–Kier alpha value is -1.04. The van der Waals surface area contributed by atoms with Gasteiger partial charge in [0.25, 0.3) is 0 Å². The number of hydroxylamine groups is 1. The summed E-state index contributed by atoms with van der Waals surface area (Å²) >= 11 is -0.848. The number of aliphatic hydroxyl groups is 1. The summed E-state index contributed by atoms with van der Waals surface area (Å²) in [5.74, 6) is 0. The zero-order valence-electron chi connectivity index (χ0n) is 9.44. The Morgan fingerprint density at radius 2 is 1.83 bits per heavy atom. The van der Waals surface area contributed by atoms with Crippen molar-refractivity contribution in [3.63, 3.8) is 0 Å². The summed E-state index contributed by atoms with van der Waals surface area (Å²) in [4.78, 5) is -0.178. The molecule has 0 bridgehead atoms. The minimum atomic E-state index is -4.27. The van der Waals surface area contributed by atoms with Gasteiger partial charge in [-0.05, 0) is 19.1 Å². The van der Waals surface area contributed by atoms with Crippen molar-refractivity contribution in [2.45, 2.75) is 11.8 Å². The van der Waals surface area contributed by atoms with E-state index in [9.17, 15) is 13.0 Å². The van der Waals surface area contributed by atoms with Crippen molar-refractivity contribution in [1.82, 2.24) is 0 Å². The van der Waals surface area contributed by atoms with Crippen LogP contribution in [0.3, 0.4) is 0 Å². The van der Waals surface area contributed by atoms with Gasteiger partial charge in [0.15, 0.2) is 0 Å². The van der Waals surface area contributed by atoms with E-state index in [1.165, 1.54) is 18.3 Å². The fourth-order valence-corrected chi connectivity index (χ4v) is 3.12. The average Bonchev–Trinajstić information content (AvgIpc) is 2.63. The van der Waals surface area contributed by atoms with E-state index in [1.807, 2.05) is 10.9 Å². The third-order valence-corrected chi connectivity index (χ3v) is 5.10. The SMILES string of the molecule is Cc1ccc(S(=O)(=O)[O-])cc1.O[C]1=[N+](O)C=[CH][SbH]1. The van der Waals surface area contributed by atoms with Crippen molar-refractivity contribution >= 4 is 35.6 Å². The van der Waals surface area contributed by atoms with Crippen LogP contribution < -0.4 is 0 Å². The molecule has 0 saturated carbocycles. The fourth-order valence-electron chi connectivity index (χ4n) is 1.02. The predicted octanol–water partition coefficient (Wildman–Crippen LogP) is 0.123. The van der Waals surface area contributed by atoms with Gasteiger partial charge in [0.2, 0.25) is 0 Å². The summed E-state index contributed by atoms with van der Waals surface area (Å²) in [6.07, 6.45) is 1.47. The Labute approximate surface area is 115 Å². The second-order valence-corrected chi connectivity index (χ2v) is 7.83. The van der Waals surface area contributed by atoms with Gasteiger partial charge in [-0.2, -0.15) is 0 Å². The molecule has 0 amide bonds. The first-order valence-corrected chi connectivity index (χ1v) is 9.29. The topological polar surface area (TPSA) is 101 Å². The van der Waals surface area contributed by atoms with Crippen LogP contribution in [-0.4, -0.2) is 53.5 Å². The predicted molar refractivity (Wildman–Crippen MR) is 65.1 cm³/mol. The molecule has 1 aliphatic heterocycles. The third kappa shape index (κ3) is 4.68. The van der Waals surface area contributed by atoms with Gasteiger partial charge in [-0.3, -0.25) is 0 Å². The Kier molecular flexibility index (Phi) is 5.19. The van der Waals surface area contributed by atoms with Crippen molar-refractivity contribution in [2.75, 3.05) is 0 Å². The summed E-state index contributed by atoms with van der Waals surface area (Å²) in [6, 6.07) is 5.78. The third-order valence-electron chi connectivity index (χ3n) is 1.95. The summed E-state index contributed by atoms with van der Waals surface area (Å²) in [5, 5.41) is 17.1. The van der Waals surface area contributed by atoms with Crippen LogP contribution in [0.1, 0.15) is 5.56 Å². The fraction of sp³-hybridized carbons (Fsp3) is 0.100. The van der Waals surface area contributed by atoms with Crippen LogP contribution in [0, 0.1) is 6.92 Å². The first-order valence-electron chi connectivity index (χ1n) is 4.80. The van der Waals surface area contributed by atoms with Crippen molar-refractivity contribution in [2.24, 2.45) is 0 Å². The van der Waals surface area contributed by atoms with E-state index in [0.717, 1.165) is 10.3 Å². The normalized spacial score (nSPS) is 14.3. The van der Waals surface area contributed by atoms with E-state index >= 15 is 0 Å². The van der Waals surface area contributed by atoms with Crippen LogP contribution in [-0.2, 0) is 10.1 Å². The molecule has 1 aromatic carbocycles. The number of aryl methyl sites for hydroxylation is 1. The summed E-state index contributed by atoms with van der Waals surface area (Å²) in [5.41, 5.74) is 0.928. The molecular weight excluding hydrogens is 368 g/mol. The second-order valence-electron chi connectivity index (χ2n) is 3.40. The molecule has 2 rings (SSSR count). The molecule has 18 heavy (non-hydrogen) atoms. The number of benzene rings is 1. The quantitative estimate of drug-likeness (QED) is 0.312. The molecule has 1 aliphatic rings. The molecule has 0 unspecified atom stereocenters. The van der Waals surface area contributed by atoms with Crippen LogP contribution in [0.4, 0.5) is 0 Å². The Balaban J connectivity index is 0.000000199. The maximum absolute atomic E-state index is 10.4. The molecule has 0 spiro atoms. The Morgan fingerprint density at radius 3 is 2.11 bits per heavy atom. The molecule has 0 fully saturated rings. The van der Waals surface area contributed by atoms with Crippen LogP contribution in [0.25, 0.3) is 0 Å². The summed E-state index contributed by atoms with van der Waals surface area (Å²) in [6.45, 7) is 1.82. The van der Waals surface area contributed by atoms with Crippen LogP contribution in [0.15, 0.2) is 39.4 Å². The van der Waals surface area contributed by atoms with E-state index in [1.54, 1.807) is 12.1 Å². The molecule has 8 heteroatoms. The standard InChI is InChI=1S/C7H8O3S.C3H4NO2.Sb.H/c1-6-2-4-7(5-3-6)11(8,9)10;1-2-4(6)3-5;;/h2-5H,1H3,(H,8,9,10);1-2,5-6H;;/q;+1;;/p-1. The molecule has 98 valence electrons. The first kappa shape index (κ1) is 15.0. The van der Waals surface area contributed by atoms with Gasteiger partial charge in [0.1, 0.15) is 10.1 Å². The van der Waals surface area contributed by atoms with Gasteiger partial charge in [-0.1, -0.05) is 17.7 Å². The van der Waals surface area contributed by atoms with E-state index in [2.05, 4.69) is 0 Å². The molecule has 0 radical (unpaired) electrons. The van der Waals surface area contributed by atoms with Gasteiger partial charge < -0.3 is 4.55 Å². The monoisotopic (exact) mass is 379 g/mol. The molecule has 2 N–H and O–H groups in total. The van der Waals surface area contributed by atoms with Gasteiger partial charge in [0.05, 0.1) is 4.90 Å². The number of hydrogen-bond donors (Lipinski definition) is 2. The maximum atomic E-state index is 10.4. The van der Waals surface area contributed by atoms with Crippen LogP contribution in [0.5, 0.6) is 0 Å². The molecule has 6 nitrogen and oxygen atoms in total. The average molecular weight is 380 g/mol. The van der Waals surface area contributed by atoms with Crippen molar-refractivity contribution < 1.29 is 28.0 Å². The van der Waals surface area contributed by atoms with Crippen molar-refractivity contribution in [3.05, 3.63) is 40.1 Å². The molecule has 0 aromatic heterocycles. The van der Waals surface area contributed by atoms with Gasteiger partial charge in [-0.15, -0.1) is 0 Å². The minimum absolute atomic E-state index is 0.156. The Bertz CT molecular complexity index is 577. The Morgan fingerprint density at radius 1 is 1.28 bits per heavy atom. The zero-order chi connectivity index (χ0) is 13.8. The van der Waals surface area contributed by atoms with E-state index in [4.69, 9.17) is 10.3 Å². The number of aliphatic hydroxyl groups excluding tert-OH is 1. The van der Waals surface area contributed by atoms with Crippen molar-refractivity contribution in [3.8, 4) is 0 Å². The molecule has 1 aromatic rings. The number of nitrogens with zero attached hydrogens (tertiary/aromatic N) is 1. The molecule has 0 aliphatic carbocycles.